The molecule has 3 aromatic rings. The first-order valence-electron chi connectivity index (χ1n) is 8.71. The SMILES string of the molecule is O=C(NCCCn1nc2ccccn2c1=O)C1CC1c1ccc(F)cc1. The average molecular weight is 354 g/mol. The van der Waals surface area contributed by atoms with Gasteiger partial charge in [0.25, 0.3) is 0 Å². The van der Waals surface area contributed by atoms with Gasteiger partial charge in [-0.1, -0.05) is 18.2 Å². The van der Waals surface area contributed by atoms with Gasteiger partial charge in [-0.3, -0.25) is 9.20 Å². The maximum atomic E-state index is 13.0. The third-order valence-corrected chi connectivity index (χ3v) is 4.76. The van der Waals surface area contributed by atoms with Gasteiger partial charge in [0.2, 0.25) is 5.91 Å². The van der Waals surface area contributed by atoms with Gasteiger partial charge < -0.3 is 5.32 Å². The molecule has 6 nitrogen and oxygen atoms in total. The molecule has 2 unspecified atom stereocenters. The van der Waals surface area contributed by atoms with Crippen LogP contribution >= 0.6 is 0 Å². The van der Waals surface area contributed by atoms with E-state index in [1.54, 1.807) is 30.5 Å². The highest BCUT2D eigenvalue weighted by Crippen LogP contribution is 2.47. The highest BCUT2D eigenvalue weighted by atomic mass is 19.1. The second-order valence-corrected chi connectivity index (χ2v) is 6.58. The van der Waals surface area contributed by atoms with E-state index in [0.717, 1.165) is 12.0 Å². The Labute approximate surface area is 149 Å². The smallest absolute Gasteiger partial charge is 0.350 e. The summed E-state index contributed by atoms with van der Waals surface area (Å²) >= 11 is 0. The summed E-state index contributed by atoms with van der Waals surface area (Å²) in [5.74, 6) is -0.116. The van der Waals surface area contributed by atoms with Gasteiger partial charge in [-0.25, -0.2) is 13.9 Å². The molecule has 7 heteroatoms. The fourth-order valence-electron chi connectivity index (χ4n) is 3.25. The molecule has 1 N–H and O–H groups in total. The zero-order chi connectivity index (χ0) is 18.1. The minimum Gasteiger partial charge on any atom is -0.356 e. The lowest BCUT2D eigenvalue weighted by Gasteiger charge is -2.05. The van der Waals surface area contributed by atoms with Crippen molar-refractivity contribution in [2.75, 3.05) is 6.54 Å². The normalized spacial score (nSPS) is 18.8. The number of carbonyl (C=O) groups excluding carboxylic acids is 1. The van der Waals surface area contributed by atoms with Crippen LogP contribution in [-0.2, 0) is 11.3 Å². The van der Waals surface area contributed by atoms with Crippen molar-refractivity contribution in [3.05, 3.63) is 70.5 Å². The molecule has 2 aromatic heterocycles. The largest absolute Gasteiger partial charge is 0.356 e. The number of aromatic nitrogens is 3. The number of hydrogen-bond donors (Lipinski definition) is 1. The van der Waals surface area contributed by atoms with Gasteiger partial charge in [-0.15, -0.1) is 5.10 Å². The summed E-state index contributed by atoms with van der Waals surface area (Å²) in [5, 5.41) is 7.18. The number of rotatable bonds is 6. The van der Waals surface area contributed by atoms with E-state index < -0.39 is 0 Å². The van der Waals surface area contributed by atoms with E-state index in [2.05, 4.69) is 10.4 Å². The predicted molar refractivity (Wildman–Crippen MR) is 94.3 cm³/mol. The van der Waals surface area contributed by atoms with Crippen molar-refractivity contribution in [2.24, 2.45) is 5.92 Å². The molecule has 0 aliphatic heterocycles. The zero-order valence-corrected chi connectivity index (χ0v) is 14.1. The van der Waals surface area contributed by atoms with E-state index in [4.69, 9.17) is 0 Å². The van der Waals surface area contributed by atoms with E-state index in [9.17, 15) is 14.0 Å². The van der Waals surface area contributed by atoms with Gasteiger partial charge >= 0.3 is 5.69 Å². The van der Waals surface area contributed by atoms with Crippen molar-refractivity contribution in [1.82, 2.24) is 19.5 Å². The fraction of sp³-hybridized carbons (Fsp3) is 0.316. The number of aryl methyl sites for hydroxylation is 1. The van der Waals surface area contributed by atoms with Crippen LogP contribution in [0, 0.1) is 11.7 Å². The van der Waals surface area contributed by atoms with Gasteiger partial charge in [-0.2, -0.15) is 0 Å². The Morgan fingerprint density at radius 1 is 1.23 bits per heavy atom. The Hall–Kier alpha value is -2.96. The lowest BCUT2D eigenvalue weighted by Crippen LogP contribution is -2.28. The molecular formula is C19H19FN4O2. The topological polar surface area (TPSA) is 68.4 Å². The number of carbonyl (C=O) groups is 1. The number of benzene rings is 1. The van der Waals surface area contributed by atoms with E-state index in [1.807, 2.05) is 6.07 Å². The van der Waals surface area contributed by atoms with Crippen LogP contribution in [-0.4, -0.2) is 26.6 Å². The van der Waals surface area contributed by atoms with Gasteiger partial charge in [0.1, 0.15) is 5.82 Å². The summed E-state index contributed by atoms with van der Waals surface area (Å²) in [5.41, 5.74) is 1.44. The second-order valence-electron chi connectivity index (χ2n) is 6.58. The monoisotopic (exact) mass is 354 g/mol. The Bertz CT molecular complexity index is 993. The van der Waals surface area contributed by atoms with Crippen LogP contribution in [0.2, 0.25) is 0 Å². The first-order valence-corrected chi connectivity index (χ1v) is 8.71. The second kappa shape index (κ2) is 6.74. The van der Waals surface area contributed by atoms with Crippen molar-refractivity contribution in [2.45, 2.75) is 25.3 Å². The summed E-state index contributed by atoms with van der Waals surface area (Å²) in [6.45, 7) is 0.943. The molecule has 0 saturated heterocycles. The molecule has 1 aromatic carbocycles. The van der Waals surface area contributed by atoms with E-state index in [0.29, 0.717) is 25.2 Å². The van der Waals surface area contributed by atoms with Crippen LogP contribution in [0.25, 0.3) is 5.65 Å². The molecule has 26 heavy (non-hydrogen) atoms. The summed E-state index contributed by atoms with van der Waals surface area (Å²) in [4.78, 5) is 24.3. The number of hydrogen-bond acceptors (Lipinski definition) is 3. The van der Waals surface area contributed by atoms with E-state index in [-0.39, 0.29) is 29.2 Å². The first kappa shape index (κ1) is 16.5. The van der Waals surface area contributed by atoms with Crippen molar-refractivity contribution in [1.29, 1.82) is 0 Å². The molecule has 0 spiro atoms. The third kappa shape index (κ3) is 3.24. The predicted octanol–water partition coefficient (Wildman–Crippen LogP) is 1.95. The van der Waals surface area contributed by atoms with Crippen molar-refractivity contribution < 1.29 is 9.18 Å². The highest BCUT2D eigenvalue weighted by Gasteiger charge is 2.43. The maximum Gasteiger partial charge on any atom is 0.350 e. The summed E-state index contributed by atoms with van der Waals surface area (Å²) in [7, 11) is 0. The number of amides is 1. The summed E-state index contributed by atoms with van der Waals surface area (Å²) in [6.07, 6.45) is 3.11. The van der Waals surface area contributed by atoms with Crippen molar-refractivity contribution >= 4 is 11.6 Å². The number of halogens is 1. The minimum absolute atomic E-state index is 0.0154. The Morgan fingerprint density at radius 3 is 2.81 bits per heavy atom. The van der Waals surface area contributed by atoms with Gasteiger partial charge in [0.15, 0.2) is 5.65 Å². The quantitative estimate of drug-likeness (QED) is 0.688. The maximum absolute atomic E-state index is 13.0. The van der Waals surface area contributed by atoms with Gasteiger partial charge in [0, 0.05) is 25.2 Å². The van der Waals surface area contributed by atoms with Crippen LogP contribution in [0.4, 0.5) is 4.39 Å². The van der Waals surface area contributed by atoms with E-state index >= 15 is 0 Å². The minimum atomic E-state index is -0.266. The fourth-order valence-corrected chi connectivity index (χ4v) is 3.25. The van der Waals surface area contributed by atoms with Crippen LogP contribution in [0.5, 0.6) is 0 Å². The summed E-state index contributed by atoms with van der Waals surface area (Å²) < 4.78 is 15.9. The first-order chi connectivity index (χ1) is 12.6. The molecule has 1 aliphatic carbocycles. The lowest BCUT2D eigenvalue weighted by atomic mass is 10.1. The molecule has 0 bridgehead atoms. The molecule has 1 fully saturated rings. The van der Waals surface area contributed by atoms with Crippen molar-refractivity contribution in [3.8, 4) is 0 Å². The van der Waals surface area contributed by atoms with Crippen LogP contribution < -0.4 is 11.0 Å². The molecule has 0 radical (unpaired) electrons. The molecule has 4 rings (SSSR count). The molecule has 1 saturated carbocycles. The van der Waals surface area contributed by atoms with Gasteiger partial charge in [-0.05, 0) is 48.6 Å². The molecular weight excluding hydrogens is 335 g/mol. The molecule has 1 amide bonds. The molecule has 134 valence electrons. The standard InChI is InChI=1S/C19H19FN4O2/c20-14-7-5-13(6-8-14)15-12-16(15)18(25)21-9-3-11-24-19(26)23-10-2-1-4-17(23)22-24/h1-2,4-8,10,15-16H,3,9,11-12H2,(H,21,25). The average Bonchev–Trinajstić information content (AvgIpc) is 3.39. The number of fused-ring (bicyclic) bond motifs is 1. The number of pyridine rings is 1. The third-order valence-electron chi connectivity index (χ3n) is 4.76. The molecule has 2 heterocycles. The van der Waals surface area contributed by atoms with Crippen molar-refractivity contribution in [3.63, 3.8) is 0 Å². The highest BCUT2D eigenvalue weighted by molar-refractivity contribution is 5.82. The Balaban J connectivity index is 1.26. The Morgan fingerprint density at radius 2 is 2.04 bits per heavy atom. The lowest BCUT2D eigenvalue weighted by molar-refractivity contribution is -0.122. The Kier molecular flexibility index (Phi) is 4.28. The zero-order valence-electron chi connectivity index (χ0n) is 14.1. The molecule has 1 aliphatic rings. The summed E-state index contributed by atoms with van der Waals surface area (Å²) in [6, 6.07) is 11.7. The molecule has 2 atom stereocenters. The van der Waals surface area contributed by atoms with Crippen LogP contribution in [0.3, 0.4) is 0 Å². The number of nitrogens with zero attached hydrogens (tertiary/aromatic N) is 3. The van der Waals surface area contributed by atoms with E-state index in [1.165, 1.54) is 21.2 Å². The van der Waals surface area contributed by atoms with Crippen LogP contribution in [0.15, 0.2) is 53.5 Å². The number of nitrogens with one attached hydrogen (secondary N) is 1. The van der Waals surface area contributed by atoms with Crippen LogP contribution in [0.1, 0.15) is 24.3 Å². The van der Waals surface area contributed by atoms with Gasteiger partial charge in [0.05, 0.1) is 0 Å².